The van der Waals surface area contributed by atoms with Gasteiger partial charge in [-0.1, -0.05) is 12.1 Å². The minimum absolute atomic E-state index is 0.403. The van der Waals surface area contributed by atoms with E-state index in [0.29, 0.717) is 29.7 Å². The highest BCUT2D eigenvalue weighted by atomic mass is 16.5. The first-order chi connectivity index (χ1) is 13.7. The third-order valence-corrected chi connectivity index (χ3v) is 4.27. The summed E-state index contributed by atoms with van der Waals surface area (Å²) < 4.78 is 11.7. The molecule has 0 fully saturated rings. The Kier molecular flexibility index (Phi) is 4.97. The zero-order valence-electron chi connectivity index (χ0n) is 15.3. The Balaban J connectivity index is 1.53. The molecule has 138 valence electrons. The van der Waals surface area contributed by atoms with E-state index in [1.54, 1.807) is 12.3 Å². The molecule has 0 amide bonds. The molecule has 0 bridgehead atoms. The Labute approximate surface area is 162 Å². The lowest BCUT2D eigenvalue weighted by Gasteiger charge is -2.11. The highest BCUT2D eigenvalue weighted by Crippen LogP contribution is 2.30. The lowest BCUT2D eigenvalue weighted by molar-refractivity contribution is -0.107. The first-order valence-electron chi connectivity index (χ1n) is 8.92. The van der Waals surface area contributed by atoms with E-state index in [0.717, 1.165) is 28.3 Å². The molecule has 0 aliphatic rings. The number of aromatic nitrogens is 2. The van der Waals surface area contributed by atoms with Crippen LogP contribution in [0.4, 0.5) is 0 Å². The molecule has 2 heterocycles. The summed E-state index contributed by atoms with van der Waals surface area (Å²) in [7, 11) is 0. The van der Waals surface area contributed by atoms with Crippen molar-refractivity contribution >= 4 is 17.2 Å². The van der Waals surface area contributed by atoms with Gasteiger partial charge < -0.3 is 14.3 Å². The number of carbonyl (C=O) groups is 1. The summed E-state index contributed by atoms with van der Waals surface area (Å²) in [6, 6.07) is 20.7. The summed E-state index contributed by atoms with van der Waals surface area (Å²) in [5, 5.41) is 0.975. The van der Waals surface area contributed by atoms with Crippen LogP contribution < -0.4 is 9.47 Å². The van der Waals surface area contributed by atoms with Gasteiger partial charge in [0, 0.05) is 30.1 Å². The third kappa shape index (κ3) is 3.99. The fourth-order valence-corrected chi connectivity index (χ4v) is 2.88. The van der Waals surface area contributed by atoms with E-state index < -0.39 is 0 Å². The third-order valence-electron chi connectivity index (χ3n) is 4.27. The number of aldehydes is 1. The van der Waals surface area contributed by atoms with Crippen LogP contribution in [-0.2, 0) is 11.2 Å². The highest BCUT2D eigenvalue weighted by Gasteiger charge is 2.07. The number of hydrogen-bond donors (Lipinski definition) is 0. The van der Waals surface area contributed by atoms with Crippen LogP contribution in [0.2, 0.25) is 0 Å². The zero-order valence-corrected chi connectivity index (χ0v) is 15.3. The van der Waals surface area contributed by atoms with Crippen molar-refractivity contribution in [2.75, 3.05) is 0 Å². The fraction of sp³-hybridized carbons (Fsp3) is 0.0870. The lowest BCUT2D eigenvalue weighted by atomic mass is 10.1. The molecule has 0 spiro atoms. The summed E-state index contributed by atoms with van der Waals surface area (Å²) in [6.07, 6.45) is 2.99. The number of nitrogens with zero attached hydrogens (tertiary/aromatic N) is 2. The van der Waals surface area contributed by atoms with Crippen LogP contribution >= 0.6 is 0 Å². The number of ether oxygens (including phenoxy) is 2. The van der Waals surface area contributed by atoms with E-state index in [4.69, 9.17) is 9.47 Å². The van der Waals surface area contributed by atoms with E-state index in [2.05, 4.69) is 9.97 Å². The standard InChI is InChI=1S/C23H18N2O3/c1-16-14-19(27-22-4-2-3-12-24-22)7-9-21(16)28-23-10-6-18-15-17(11-13-26)5-8-20(18)25-23/h2-10,12-15H,11H2,1H3. The molecular formula is C23H18N2O3. The molecular weight excluding hydrogens is 352 g/mol. The van der Waals surface area contributed by atoms with Gasteiger partial charge in [-0.3, -0.25) is 0 Å². The van der Waals surface area contributed by atoms with E-state index in [9.17, 15) is 4.79 Å². The van der Waals surface area contributed by atoms with Gasteiger partial charge in [-0.05, 0) is 60.5 Å². The summed E-state index contributed by atoms with van der Waals surface area (Å²) in [5.74, 6) is 2.45. The van der Waals surface area contributed by atoms with Crippen LogP contribution in [-0.4, -0.2) is 16.3 Å². The summed E-state index contributed by atoms with van der Waals surface area (Å²) in [4.78, 5) is 19.4. The molecule has 0 saturated carbocycles. The molecule has 0 unspecified atom stereocenters. The number of carbonyl (C=O) groups excluding carboxylic acids is 1. The number of fused-ring (bicyclic) bond motifs is 1. The number of benzene rings is 2. The fourth-order valence-electron chi connectivity index (χ4n) is 2.88. The van der Waals surface area contributed by atoms with Gasteiger partial charge in [-0.2, -0.15) is 0 Å². The average Bonchev–Trinajstić information content (AvgIpc) is 2.71. The molecule has 5 nitrogen and oxygen atoms in total. The van der Waals surface area contributed by atoms with E-state index >= 15 is 0 Å². The number of aryl methyl sites for hydroxylation is 1. The van der Waals surface area contributed by atoms with Crippen molar-refractivity contribution in [1.82, 2.24) is 9.97 Å². The van der Waals surface area contributed by atoms with Crippen molar-refractivity contribution in [1.29, 1.82) is 0 Å². The molecule has 0 aliphatic carbocycles. The lowest BCUT2D eigenvalue weighted by Crippen LogP contribution is -1.93. The van der Waals surface area contributed by atoms with Crippen molar-refractivity contribution in [3.05, 3.63) is 84.1 Å². The number of pyridine rings is 2. The van der Waals surface area contributed by atoms with E-state index in [1.165, 1.54) is 0 Å². The molecule has 0 atom stereocenters. The Morgan fingerprint density at radius 2 is 1.86 bits per heavy atom. The molecule has 0 saturated heterocycles. The monoisotopic (exact) mass is 370 g/mol. The molecule has 2 aromatic carbocycles. The van der Waals surface area contributed by atoms with Gasteiger partial charge in [0.05, 0.1) is 5.52 Å². The molecule has 0 aliphatic heterocycles. The number of hydrogen-bond acceptors (Lipinski definition) is 5. The largest absolute Gasteiger partial charge is 0.439 e. The van der Waals surface area contributed by atoms with Gasteiger partial charge in [0.2, 0.25) is 11.8 Å². The van der Waals surface area contributed by atoms with Gasteiger partial charge in [-0.25, -0.2) is 9.97 Å². The predicted octanol–water partition coefficient (Wildman–Crippen LogP) is 5.26. The Hall–Kier alpha value is -3.73. The van der Waals surface area contributed by atoms with Crippen molar-refractivity contribution in [3.63, 3.8) is 0 Å². The summed E-state index contributed by atoms with van der Waals surface area (Å²) in [6.45, 7) is 1.95. The van der Waals surface area contributed by atoms with Gasteiger partial charge in [0.1, 0.15) is 17.8 Å². The molecule has 4 rings (SSSR count). The normalized spacial score (nSPS) is 10.6. The zero-order chi connectivity index (χ0) is 19.3. The molecule has 4 aromatic rings. The average molecular weight is 370 g/mol. The number of rotatable bonds is 6. The van der Waals surface area contributed by atoms with E-state index in [-0.39, 0.29) is 0 Å². The van der Waals surface area contributed by atoms with Crippen LogP contribution in [0.3, 0.4) is 0 Å². The Bertz CT molecular complexity index is 1130. The topological polar surface area (TPSA) is 61.3 Å². The van der Waals surface area contributed by atoms with Crippen LogP contribution in [0.15, 0.2) is 72.9 Å². The van der Waals surface area contributed by atoms with Gasteiger partial charge in [-0.15, -0.1) is 0 Å². The first kappa shape index (κ1) is 17.7. The Morgan fingerprint density at radius 3 is 2.64 bits per heavy atom. The van der Waals surface area contributed by atoms with Gasteiger partial charge >= 0.3 is 0 Å². The minimum atomic E-state index is 0.403. The van der Waals surface area contributed by atoms with Crippen molar-refractivity contribution in [2.24, 2.45) is 0 Å². The van der Waals surface area contributed by atoms with Crippen LogP contribution in [0.5, 0.6) is 23.3 Å². The second-order valence-corrected chi connectivity index (χ2v) is 6.35. The van der Waals surface area contributed by atoms with Gasteiger partial charge in [0.25, 0.3) is 0 Å². The quantitative estimate of drug-likeness (QED) is 0.433. The Morgan fingerprint density at radius 1 is 0.929 bits per heavy atom. The predicted molar refractivity (Wildman–Crippen MR) is 107 cm³/mol. The van der Waals surface area contributed by atoms with Crippen LogP contribution in [0.1, 0.15) is 11.1 Å². The smallest absolute Gasteiger partial charge is 0.219 e. The van der Waals surface area contributed by atoms with Crippen molar-refractivity contribution in [3.8, 4) is 23.3 Å². The second kappa shape index (κ2) is 7.88. The van der Waals surface area contributed by atoms with Crippen molar-refractivity contribution < 1.29 is 14.3 Å². The minimum Gasteiger partial charge on any atom is -0.439 e. The maximum atomic E-state index is 10.7. The first-order valence-corrected chi connectivity index (χ1v) is 8.92. The molecule has 2 aromatic heterocycles. The molecule has 0 radical (unpaired) electrons. The van der Waals surface area contributed by atoms with Gasteiger partial charge in [0.15, 0.2) is 0 Å². The second-order valence-electron chi connectivity index (χ2n) is 6.35. The van der Waals surface area contributed by atoms with Crippen LogP contribution in [0, 0.1) is 6.92 Å². The molecule has 5 heteroatoms. The van der Waals surface area contributed by atoms with Crippen LogP contribution in [0.25, 0.3) is 10.9 Å². The van der Waals surface area contributed by atoms with Crippen molar-refractivity contribution in [2.45, 2.75) is 13.3 Å². The summed E-state index contributed by atoms with van der Waals surface area (Å²) in [5.41, 5.74) is 2.72. The maximum absolute atomic E-state index is 10.7. The SMILES string of the molecule is Cc1cc(Oc2ccccn2)ccc1Oc1ccc2cc(CC=O)ccc2n1. The molecule has 0 N–H and O–H groups in total. The van der Waals surface area contributed by atoms with E-state index in [1.807, 2.05) is 67.6 Å². The molecule has 28 heavy (non-hydrogen) atoms. The maximum Gasteiger partial charge on any atom is 0.219 e. The summed E-state index contributed by atoms with van der Waals surface area (Å²) >= 11 is 0. The highest BCUT2D eigenvalue weighted by molar-refractivity contribution is 5.80.